The number of carbonyl (C=O) groups excluding carboxylic acids is 2. The molecule has 0 radical (unpaired) electrons. The smallest absolute Gasteiger partial charge is 0.232 e. The van der Waals surface area contributed by atoms with E-state index in [0.717, 1.165) is 30.5 Å². The molecule has 2 aliphatic rings. The number of rotatable bonds is 2. The summed E-state index contributed by atoms with van der Waals surface area (Å²) in [6, 6.07) is 15.5. The van der Waals surface area contributed by atoms with Crippen molar-refractivity contribution in [1.29, 1.82) is 0 Å². The van der Waals surface area contributed by atoms with Crippen LogP contribution in [0.25, 0.3) is 0 Å². The summed E-state index contributed by atoms with van der Waals surface area (Å²) in [6.45, 7) is 8.18. The van der Waals surface area contributed by atoms with Crippen molar-refractivity contribution in [3.8, 4) is 0 Å². The molecule has 1 aliphatic carbocycles. The summed E-state index contributed by atoms with van der Waals surface area (Å²) in [5.41, 5.74) is 2.75. The van der Waals surface area contributed by atoms with E-state index in [1.54, 1.807) is 0 Å². The highest BCUT2D eigenvalue weighted by Crippen LogP contribution is 2.54. The maximum atomic E-state index is 13.6. The molecule has 28 heavy (non-hydrogen) atoms. The number of para-hydroxylation sites is 1. The minimum atomic E-state index is -0.497. The number of ketones is 1. The second-order valence-electron chi connectivity index (χ2n) is 9.50. The number of amides is 1. The Morgan fingerprint density at radius 1 is 1.00 bits per heavy atom. The number of hydrogen-bond acceptors (Lipinski definition) is 2. The van der Waals surface area contributed by atoms with Crippen LogP contribution in [-0.4, -0.2) is 17.7 Å². The van der Waals surface area contributed by atoms with E-state index in [1.807, 2.05) is 68.1 Å². The van der Waals surface area contributed by atoms with Crippen molar-refractivity contribution in [2.24, 2.45) is 5.41 Å². The van der Waals surface area contributed by atoms with Crippen LogP contribution in [0.1, 0.15) is 74.9 Å². The molecule has 0 aromatic heterocycles. The van der Waals surface area contributed by atoms with Gasteiger partial charge in [-0.05, 0) is 24.5 Å². The van der Waals surface area contributed by atoms with Crippen molar-refractivity contribution >= 4 is 17.4 Å². The monoisotopic (exact) mass is 375 g/mol. The van der Waals surface area contributed by atoms with Gasteiger partial charge in [-0.25, -0.2) is 0 Å². The highest BCUT2D eigenvalue weighted by Gasteiger charge is 2.53. The molecule has 1 saturated carbocycles. The summed E-state index contributed by atoms with van der Waals surface area (Å²) in [6.07, 6.45) is 4.35. The Kier molecular flexibility index (Phi) is 4.45. The summed E-state index contributed by atoms with van der Waals surface area (Å²) >= 11 is 0. The van der Waals surface area contributed by atoms with Crippen LogP contribution >= 0.6 is 0 Å². The van der Waals surface area contributed by atoms with Crippen LogP contribution < -0.4 is 4.90 Å². The Morgan fingerprint density at radius 2 is 1.71 bits per heavy atom. The average molecular weight is 376 g/mol. The SMILES string of the molecule is CC(C)(C)C(=O)N1c2c(C(=O)c3ccccc3)cccc2C2(C)CCCCC12. The summed E-state index contributed by atoms with van der Waals surface area (Å²) < 4.78 is 0. The van der Waals surface area contributed by atoms with Crippen molar-refractivity contribution in [3.05, 3.63) is 65.2 Å². The standard InChI is InChI=1S/C25H29NO2/c1-24(2,3)23(28)26-20-15-8-9-16-25(20,4)19-14-10-13-18(21(19)26)22(27)17-11-6-5-7-12-17/h5-7,10-14,20H,8-9,15-16H2,1-4H3. The molecular weight excluding hydrogens is 346 g/mol. The minimum absolute atomic E-state index is 0.00796. The number of fused-ring (bicyclic) bond motifs is 3. The van der Waals surface area contributed by atoms with E-state index in [-0.39, 0.29) is 23.1 Å². The van der Waals surface area contributed by atoms with E-state index in [2.05, 4.69) is 13.0 Å². The summed E-state index contributed by atoms with van der Waals surface area (Å²) in [7, 11) is 0. The minimum Gasteiger partial charge on any atom is -0.307 e. The Bertz CT molecular complexity index is 925. The van der Waals surface area contributed by atoms with Gasteiger partial charge in [0.05, 0.1) is 5.69 Å². The van der Waals surface area contributed by atoms with Crippen LogP contribution in [0.15, 0.2) is 48.5 Å². The van der Waals surface area contributed by atoms with Crippen molar-refractivity contribution in [3.63, 3.8) is 0 Å². The van der Waals surface area contributed by atoms with Gasteiger partial charge >= 0.3 is 0 Å². The van der Waals surface area contributed by atoms with Crippen molar-refractivity contribution in [2.45, 2.75) is 64.8 Å². The fourth-order valence-corrected chi connectivity index (χ4v) is 5.00. The van der Waals surface area contributed by atoms with Crippen LogP contribution in [0.3, 0.4) is 0 Å². The van der Waals surface area contributed by atoms with Crippen LogP contribution in [0.2, 0.25) is 0 Å². The van der Waals surface area contributed by atoms with Crippen molar-refractivity contribution < 1.29 is 9.59 Å². The molecule has 3 nitrogen and oxygen atoms in total. The van der Waals surface area contributed by atoms with Crippen LogP contribution in [-0.2, 0) is 10.2 Å². The van der Waals surface area contributed by atoms with Crippen LogP contribution in [0.4, 0.5) is 5.69 Å². The van der Waals surface area contributed by atoms with E-state index < -0.39 is 5.41 Å². The first-order valence-electron chi connectivity index (χ1n) is 10.3. The summed E-state index contributed by atoms with van der Waals surface area (Å²) in [5, 5.41) is 0. The number of benzene rings is 2. The number of carbonyl (C=O) groups is 2. The lowest BCUT2D eigenvalue weighted by Crippen LogP contribution is -2.51. The van der Waals surface area contributed by atoms with Crippen LogP contribution in [0, 0.1) is 5.41 Å². The first-order valence-corrected chi connectivity index (χ1v) is 10.3. The normalized spacial score (nSPS) is 23.9. The second kappa shape index (κ2) is 6.58. The zero-order chi connectivity index (χ0) is 20.1. The third-order valence-corrected chi connectivity index (χ3v) is 6.50. The lowest BCUT2D eigenvalue weighted by atomic mass is 9.69. The fourth-order valence-electron chi connectivity index (χ4n) is 5.00. The average Bonchev–Trinajstić information content (AvgIpc) is 2.95. The summed E-state index contributed by atoms with van der Waals surface area (Å²) in [4.78, 5) is 28.9. The lowest BCUT2D eigenvalue weighted by Gasteiger charge is -2.41. The molecule has 0 N–H and O–H groups in total. The third kappa shape index (κ3) is 2.80. The van der Waals surface area contributed by atoms with Gasteiger partial charge in [0.25, 0.3) is 0 Å². The molecule has 146 valence electrons. The molecule has 1 aliphatic heterocycles. The fraction of sp³-hybridized carbons (Fsp3) is 0.440. The van der Waals surface area contributed by atoms with Crippen molar-refractivity contribution in [1.82, 2.24) is 0 Å². The quantitative estimate of drug-likeness (QED) is 0.649. The number of nitrogens with zero attached hydrogens (tertiary/aromatic N) is 1. The van der Waals surface area contributed by atoms with E-state index in [4.69, 9.17) is 0 Å². The molecule has 1 heterocycles. The van der Waals surface area contributed by atoms with Gasteiger partial charge < -0.3 is 4.90 Å². The van der Waals surface area contributed by atoms with Gasteiger partial charge in [0.1, 0.15) is 0 Å². The molecule has 0 spiro atoms. The van der Waals surface area contributed by atoms with Crippen molar-refractivity contribution in [2.75, 3.05) is 4.90 Å². The predicted molar refractivity (Wildman–Crippen MR) is 113 cm³/mol. The predicted octanol–water partition coefficient (Wildman–Crippen LogP) is 5.51. The Labute approximate surface area is 167 Å². The first-order chi connectivity index (χ1) is 13.2. The lowest BCUT2D eigenvalue weighted by molar-refractivity contribution is -0.126. The molecule has 3 heteroatoms. The second-order valence-corrected chi connectivity index (χ2v) is 9.50. The van der Waals surface area contributed by atoms with Gasteiger partial charge in [-0.3, -0.25) is 9.59 Å². The summed E-state index contributed by atoms with van der Waals surface area (Å²) in [5.74, 6) is 0.101. The number of anilines is 1. The van der Waals surface area contributed by atoms with Crippen LogP contribution in [0.5, 0.6) is 0 Å². The largest absolute Gasteiger partial charge is 0.307 e. The third-order valence-electron chi connectivity index (χ3n) is 6.50. The highest BCUT2D eigenvalue weighted by molar-refractivity contribution is 6.16. The van der Waals surface area contributed by atoms with Gasteiger partial charge in [0.15, 0.2) is 5.78 Å². The topological polar surface area (TPSA) is 37.4 Å². The maximum absolute atomic E-state index is 13.6. The van der Waals surface area contributed by atoms with E-state index in [0.29, 0.717) is 11.1 Å². The molecule has 1 amide bonds. The molecule has 2 unspecified atom stereocenters. The van der Waals surface area contributed by atoms with E-state index in [9.17, 15) is 9.59 Å². The Morgan fingerprint density at radius 3 is 2.39 bits per heavy atom. The molecule has 0 bridgehead atoms. The highest BCUT2D eigenvalue weighted by atomic mass is 16.2. The van der Waals surface area contributed by atoms with E-state index >= 15 is 0 Å². The molecular formula is C25H29NO2. The van der Waals surface area contributed by atoms with Gasteiger partial charge in [0.2, 0.25) is 5.91 Å². The zero-order valence-electron chi connectivity index (χ0n) is 17.3. The molecule has 2 atom stereocenters. The van der Waals surface area contributed by atoms with E-state index in [1.165, 1.54) is 6.42 Å². The van der Waals surface area contributed by atoms with Gasteiger partial charge in [-0.2, -0.15) is 0 Å². The molecule has 2 aromatic rings. The Balaban J connectivity index is 1.93. The molecule has 0 saturated heterocycles. The molecule has 2 aromatic carbocycles. The molecule has 4 rings (SSSR count). The Hall–Kier alpha value is -2.42. The zero-order valence-corrected chi connectivity index (χ0v) is 17.3. The number of hydrogen-bond donors (Lipinski definition) is 0. The van der Waals surface area contributed by atoms with Gasteiger partial charge in [0, 0.05) is 28.0 Å². The van der Waals surface area contributed by atoms with Gasteiger partial charge in [-0.1, -0.05) is 83.0 Å². The first kappa shape index (κ1) is 18.9. The van der Waals surface area contributed by atoms with Gasteiger partial charge in [-0.15, -0.1) is 0 Å². The maximum Gasteiger partial charge on any atom is 0.232 e. The molecule has 1 fully saturated rings.